The highest BCUT2D eigenvalue weighted by atomic mass is 32.2. The van der Waals surface area contributed by atoms with Gasteiger partial charge >= 0.3 is 0 Å². The van der Waals surface area contributed by atoms with E-state index in [-0.39, 0.29) is 28.7 Å². The number of ether oxygens (including phenoxy) is 1. The zero-order valence-corrected chi connectivity index (χ0v) is 18.5. The summed E-state index contributed by atoms with van der Waals surface area (Å²) >= 11 is 0. The first-order valence-electron chi connectivity index (χ1n) is 9.48. The molecule has 0 aliphatic carbocycles. The zero-order chi connectivity index (χ0) is 22.1. The molecule has 0 spiro atoms. The molecule has 2 atom stereocenters. The van der Waals surface area contributed by atoms with E-state index in [0.717, 1.165) is 5.56 Å². The van der Waals surface area contributed by atoms with Gasteiger partial charge in [-0.2, -0.15) is 0 Å². The fourth-order valence-electron chi connectivity index (χ4n) is 3.30. The van der Waals surface area contributed by atoms with Gasteiger partial charge in [0.25, 0.3) is 0 Å². The number of hydrogen-bond donors (Lipinski definition) is 1. The second-order valence-corrected chi connectivity index (χ2v) is 10.6. The molecule has 1 heterocycles. The second kappa shape index (κ2) is 8.37. The molecule has 2 aromatic carbocycles. The number of nitrogens with zero attached hydrogens (tertiary/aromatic N) is 1. The Morgan fingerprint density at radius 3 is 2.43 bits per heavy atom. The third-order valence-electron chi connectivity index (χ3n) is 4.74. The summed E-state index contributed by atoms with van der Waals surface area (Å²) in [6, 6.07) is 12.4. The molecule has 1 aliphatic heterocycles. The van der Waals surface area contributed by atoms with Crippen molar-refractivity contribution >= 4 is 31.6 Å². The van der Waals surface area contributed by atoms with E-state index < -0.39 is 37.9 Å². The summed E-state index contributed by atoms with van der Waals surface area (Å²) in [4.78, 5) is 12.2. The highest BCUT2D eigenvalue weighted by Crippen LogP contribution is 2.34. The molecule has 8 nitrogen and oxygen atoms in total. The molecule has 0 radical (unpaired) electrons. The van der Waals surface area contributed by atoms with Crippen LogP contribution in [-0.2, 0) is 24.8 Å². The van der Waals surface area contributed by atoms with Crippen LogP contribution in [0.25, 0.3) is 0 Å². The number of hydrogen-bond acceptors (Lipinski definition) is 6. The highest BCUT2D eigenvalue weighted by Gasteiger charge is 2.42. The summed E-state index contributed by atoms with van der Waals surface area (Å²) in [5.74, 6) is -1.53. The van der Waals surface area contributed by atoms with Gasteiger partial charge in [0, 0.05) is 6.04 Å². The molecular weight excluding hydrogens is 428 g/mol. The van der Waals surface area contributed by atoms with E-state index in [1.54, 1.807) is 38.1 Å². The van der Waals surface area contributed by atoms with Crippen LogP contribution in [0.5, 0.6) is 5.75 Å². The monoisotopic (exact) mass is 452 g/mol. The molecule has 2 aromatic rings. The molecule has 10 heteroatoms. The topological polar surface area (TPSA) is 110 Å². The molecule has 2 unspecified atom stereocenters. The Hall–Kier alpha value is -2.43. The lowest BCUT2D eigenvalue weighted by molar-refractivity contribution is -0.119. The normalized spacial score (nSPS) is 19.6. The first-order chi connectivity index (χ1) is 14.1. The van der Waals surface area contributed by atoms with E-state index in [1.807, 2.05) is 6.07 Å². The average Bonchev–Trinajstić information content (AvgIpc) is 2.89. The fraction of sp³-hybridized carbons (Fsp3) is 0.350. The van der Waals surface area contributed by atoms with Crippen molar-refractivity contribution in [3.05, 3.63) is 54.1 Å². The number of carbonyl (C=O) groups excluding carboxylic acids is 1. The zero-order valence-electron chi connectivity index (χ0n) is 16.9. The van der Waals surface area contributed by atoms with Gasteiger partial charge < -0.3 is 4.74 Å². The Labute approximate surface area is 177 Å². The molecule has 1 N–H and O–H groups in total. The Morgan fingerprint density at radius 1 is 1.20 bits per heavy atom. The molecule has 0 aromatic heterocycles. The van der Waals surface area contributed by atoms with Gasteiger partial charge in [-0.25, -0.2) is 25.9 Å². The molecule has 1 aliphatic rings. The van der Waals surface area contributed by atoms with E-state index >= 15 is 0 Å². The first-order valence-corrected chi connectivity index (χ1v) is 12.6. The third kappa shape index (κ3) is 4.35. The molecule has 1 saturated heterocycles. The second-order valence-electron chi connectivity index (χ2n) is 7.10. The van der Waals surface area contributed by atoms with Gasteiger partial charge in [0.1, 0.15) is 10.6 Å². The smallest absolute Gasteiger partial charge is 0.244 e. The van der Waals surface area contributed by atoms with Gasteiger partial charge in [-0.05, 0) is 37.6 Å². The Bertz CT molecular complexity index is 1150. The summed E-state index contributed by atoms with van der Waals surface area (Å²) in [7, 11) is -7.95. The molecule has 3 rings (SSSR count). The lowest BCUT2D eigenvalue weighted by Crippen LogP contribution is -2.31. The van der Waals surface area contributed by atoms with Crippen LogP contribution in [0.15, 0.2) is 53.4 Å². The minimum absolute atomic E-state index is 0.0273. The van der Waals surface area contributed by atoms with E-state index in [2.05, 4.69) is 4.72 Å². The highest BCUT2D eigenvalue weighted by molar-refractivity contribution is 7.94. The predicted octanol–water partition coefficient (Wildman–Crippen LogP) is 2.44. The maximum atomic E-state index is 13.1. The minimum Gasteiger partial charge on any atom is -0.492 e. The van der Waals surface area contributed by atoms with Crippen LogP contribution in [0.2, 0.25) is 0 Å². The third-order valence-corrected chi connectivity index (χ3v) is 8.17. The fourth-order valence-corrected chi connectivity index (χ4v) is 6.51. The van der Waals surface area contributed by atoms with Gasteiger partial charge in [0.15, 0.2) is 0 Å². The number of nitrogens with one attached hydrogen (secondary N) is 1. The quantitative estimate of drug-likeness (QED) is 0.691. The summed E-state index contributed by atoms with van der Waals surface area (Å²) in [5, 5.41) is 0. The van der Waals surface area contributed by atoms with Crippen LogP contribution >= 0.6 is 0 Å². The van der Waals surface area contributed by atoms with Crippen molar-refractivity contribution in [2.75, 3.05) is 16.7 Å². The first kappa shape index (κ1) is 22.3. The minimum atomic E-state index is -4.09. The van der Waals surface area contributed by atoms with Crippen molar-refractivity contribution in [1.29, 1.82) is 0 Å². The van der Waals surface area contributed by atoms with Crippen molar-refractivity contribution in [3.63, 3.8) is 0 Å². The van der Waals surface area contributed by atoms with Crippen LogP contribution in [0.4, 0.5) is 5.69 Å². The van der Waals surface area contributed by atoms with Crippen molar-refractivity contribution < 1.29 is 26.4 Å². The lowest BCUT2D eigenvalue weighted by Gasteiger charge is -2.20. The largest absolute Gasteiger partial charge is 0.492 e. The summed E-state index contributed by atoms with van der Waals surface area (Å²) in [5.41, 5.74) is 0.738. The number of carbonyl (C=O) groups is 1. The van der Waals surface area contributed by atoms with Crippen LogP contribution in [0, 0.1) is 5.92 Å². The van der Waals surface area contributed by atoms with Crippen molar-refractivity contribution in [2.24, 2.45) is 5.92 Å². The number of sulfonamides is 2. The standard InChI is InChI=1S/C20H24N2O6S2/c1-4-28-18-11-10-17(22-20(23)14(2)13-29(22,24)25)12-19(18)30(26,27)21-15(3)16-8-6-5-7-9-16/h5-12,14-15,21H,4,13H2,1-3H3. The van der Waals surface area contributed by atoms with Crippen LogP contribution in [0.1, 0.15) is 32.4 Å². The maximum absolute atomic E-state index is 13.1. The summed E-state index contributed by atoms with van der Waals surface area (Å²) in [6.07, 6.45) is 0. The van der Waals surface area contributed by atoms with Crippen molar-refractivity contribution in [1.82, 2.24) is 4.72 Å². The summed E-state index contributed by atoms with van der Waals surface area (Å²) < 4.78 is 59.9. The van der Waals surface area contributed by atoms with Crippen LogP contribution in [-0.4, -0.2) is 35.1 Å². The van der Waals surface area contributed by atoms with Crippen molar-refractivity contribution in [3.8, 4) is 5.75 Å². The van der Waals surface area contributed by atoms with E-state index in [0.29, 0.717) is 4.31 Å². The average molecular weight is 453 g/mol. The SMILES string of the molecule is CCOc1ccc(N2C(=O)C(C)CS2(=O)=O)cc1S(=O)(=O)NC(C)c1ccccc1. The number of anilines is 1. The number of benzene rings is 2. The molecule has 0 saturated carbocycles. The maximum Gasteiger partial charge on any atom is 0.244 e. The Morgan fingerprint density at radius 2 is 1.87 bits per heavy atom. The van der Waals surface area contributed by atoms with Gasteiger partial charge in [0.05, 0.1) is 24.0 Å². The van der Waals surface area contributed by atoms with Gasteiger partial charge in [0.2, 0.25) is 26.0 Å². The van der Waals surface area contributed by atoms with Crippen LogP contribution in [0.3, 0.4) is 0 Å². The predicted molar refractivity (Wildman–Crippen MR) is 113 cm³/mol. The van der Waals surface area contributed by atoms with E-state index in [9.17, 15) is 21.6 Å². The Balaban J connectivity index is 2.04. The van der Waals surface area contributed by atoms with Gasteiger partial charge in [-0.1, -0.05) is 37.3 Å². The van der Waals surface area contributed by atoms with Crippen LogP contribution < -0.4 is 13.8 Å². The molecule has 1 fully saturated rings. The van der Waals surface area contributed by atoms with Crippen molar-refractivity contribution in [2.45, 2.75) is 31.7 Å². The van der Waals surface area contributed by atoms with Gasteiger partial charge in [-0.15, -0.1) is 0 Å². The molecule has 30 heavy (non-hydrogen) atoms. The summed E-state index contributed by atoms with van der Waals surface area (Å²) in [6.45, 7) is 5.15. The molecule has 162 valence electrons. The van der Waals surface area contributed by atoms with E-state index in [4.69, 9.17) is 4.74 Å². The van der Waals surface area contributed by atoms with E-state index in [1.165, 1.54) is 25.1 Å². The molecular formula is C20H24N2O6S2. The number of amides is 1. The number of rotatable bonds is 7. The molecule has 1 amide bonds. The lowest BCUT2D eigenvalue weighted by atomic mass is 10.1. The van der Waals surface area contributed by atoms with Gasteiger partial charge in [-0.3, -0.25) is 4.79 Å². The Kier molecular flexibility index (Phi) is 6.21. The molecule has 0 bridgehead atoms.